The van der Waals surface area contributed by atoms with E-state index in [1.165, 1.54) is 36.1 Å². The van der Waals surface area contributed by atoms with Gasteiger partial charge in [-0.15, -0.1) is 0 Å². The van der Waals surface area contributed by atoms with Crippen molar-refractivity contribution in [3.8, 4) is 0 Å². The number of benzene rings is 1. The maximum absolute atomic E-state index is 12.6. The molecule has 1 aliphatic rings. The standard InChI is InChI=1S/C22H30N2O/c1-3-22(25)24(20-11-5-4-6-12-20)17-21-13-8-14-23(21)16-19-10-7-9-18(2)15-19/h7-10,13-15,20H,3-6,11-12,16-17H2,1-2H3. The lowest BCUT2D eigenvalue weighted by Gasteiger charge is -2.34. The Labute approximate surface area is 151 Å². The third-order valence-electron chi connectivity index (χ3n) is 5.33. The van der Waals surface area contributed by atoms with Gasteiger partial charge in [0, 0.05) is 30.9 Å². The molecule has 0 spiro atoms. The Kier molecular flexibility index (Phi) is 5.95. The van der Waals surface area contributed by atoms with Gasteiger partial charge in [0.2, 0.25) is 5.91 Å². The largest absolute Gasteiger partial charge is 0.345 e. The van der Waals surface area contributed by atoms with E-state index in [0.29, 0.717) is 12.5 Å². The topological polar surface area (TPSA) is 25.2 Å². The molecular weight excluding hydrogens is 308 g/mol. The molecule has 3 nitrogen and oxygen atoms in total. The molecule has 134 valence electrons. The number of hydrogen-bond donors (Lipinski definition) is 0. The van der Waals surface area contributed by atoms with Crippen LogP contribution in [0.2, 0.25) is 0 Å². The third-order valence-corrected chi connectivity index (χ3v) is 5.33. The zero-order valence-corrected chi connectivity index (χ0v) is 15.6. The van der Waals surface area contributed by atoms with E-state index in [0.717, 1.165) is 25.9 Å². The van der Waals surface area contributed by atoms with Crippen LogP contribution in [0, 0.1) is 6.92 Å². The van der Waals surface area contributed by atoms with Crippen LogP contribution in [-0.4, -0.2) is 21.4 Å². The fourth-order valence-corrected chi connectivity index (χ4v) is 3.95. The Hall–Kier alpha value is -2.03. The van der Waals surface area contributed by atoms with Gasteiger partial charge in [-0.3, -0.25) is 4.79 Å². The first-order valence-electron chi connectivity index (χ1n) is 9.66. The maximum Gasteiger partial charge on any atom is 0.222 e. The van der Waals surface area contributed by atoms with Crippen molar-refractivity contribution in [2.75, 3.05) is 0 Å². The molecule has 0 saturated heterocycles. The average molecular weight is 338 g/mol. The Bertz CT molecular complexity index is 698. The van der Waals surface area contributed by atoms with Crippen molar-refractivity contribution in [3.63, 3.8) is 0 Å². The molecule has 1 fully saturated rings. The van der Waals surface area contributed by atoms with E-state index in [1.807, 2.05) is 6.92 Å². The summed E-state index contributed by atoms with van der Waals surface area (Å²) in [5, 5.41) is 0. The minimum absolute atomic E-state index is 0.287. The lowest BCUT2D eigenvalue weighted by molar-refractivity contribution is -0.134. The van der Waals surface area contributed by atoms with Crippen molar-refractivity contribution < 1.29 is 4.79 Å². The van der Waals surface area contributed by atoms with Crippen molar-refractivity contribution in [2.45, 2.75) is 71.5 Å². The molecule has 0 bridgehead atoms. The Balaban J connectivity index is 1.76. The predicted molar refractivity (Wildman–Crippen MR) is 102 cm³/mol. The highest BCUT2D eigenvalue weighted by molar-refractivity contribution is 5.76. The van der Waals surface area contributed by atoms with Crippen LogP contribution in [0.1, 0.15) is 62.3 Å². The molecule has 1 amide bonds. The van der Waals surface area contributed by atoms with Gasteiger partial charge in [-0.05, 0) is 37.5 Å². The van der Waals surface area contributed by atoms with Crippen LogP contribution < -0.4 is 0 Å². The van der Waals surface area contributed by atoms with Gasteiger partial charge in [0.15, 0.2) is 0 Å². The normalized spacial score (nSPS) is 15.3. The van der Waals surface area contributed by atoms with Crippen molar-refractivity contribution in [1.29, 1.82) is 0 Å². The highest BCUT2D eigenvalue weighted by Crippen LogP contribution is 2.25. The molecule has 3 heteroatoms. The van der Waals surface area contributed by atoms with E-state index in [2.05, 4.69) is 59.0 Å². The number of rotatable bonds is 6. The molecule has 1 heterocycles. The lowest BCUT2D eigenvalue weighted by Crippen LogP contribution is -2.41. The van der Waals surface area contributed by atoms with Crippen LogP contribution in [0.5, 0.6) is 0 Å². The lowest BCUT2D eigenvalue weighted by atomic mass is 9.94. The second-order valence-corrected chi connectivity index (χ2v) is 7.28. The summed E-state index contributed by atoms with van der Waals surface area (Å²) < 4.78 is 2.29. The minimum atomic E-state index is 0.287. The molecular formula is C22H30N2O. The summed E-state index contributed by atoms with van der Waals surface area (Å²) in [4.78, 5) is 14.7. The fourth-order valence-electron chi connectivity index (χ4n) is 3.95. The quantitative estimate of drug-likeness (QED) is 0.734. The van der Waals surface area contributed by atoms with Gasteiger partial charge in [0.25, 0.3) is 0 Å². The Morgan fingerprint density at radius 1 is 1.16 bits per heavy atom. The van der Waals surface area contributed by atoms with Gasteiger partial charge in [0.05, 0.1) is 6.54 Å². The predicted octanol–water partition coefficient (Wildman–Crippen LogP) is 4.92. The zero-order valence-electron chi connectivity index (χ0n) is 15.6. The van der Waals surface area contributed by atoms with E-state index in [1.54, 1.807) is 0 Å². The highest BCUT2D eigenvalue weighted by atomic mass is 16.2. The van der Waals surface area contributed by atoms with Gasteiger partial charge in [-0.25, -0.2) is 0 Å². The van der Waals surface area contributed by atoms with Gasteiger partial charge in [-0.2, -0.15) is 0 Å². The van der Waals surface area contributed by atoms with Crippen LogP contribution in [0.15, 0.2) is 42.6 Å². The third kappa shape index (κ3) is 4.53. The van der Waals surface area contributed by atoms with Crippen LogP contribution in [-0.2, 0) is 17.9 Å². The van der Waals surface area contributed by atoms with Crippen LogP contribution in [0.4, 0.5) is 0 Å². The van der Waals surface area contributed by atoms with Crippen LogP contribution >= 0.6 is 0 Å². The van der Waals surface area contributed by atoms with E-state index in [-0.39, 0.29) is 5.91 Å². The number of nitrogens with zero attached hydrogens (tertiary/aromatic N) is 2. The molecule has 1 saturated carbocycles. The highest BCUT2D eigenvalue weighted by Gasteiger charge is 2.25. The number of carbonyl (C=O) groups excluding carboxylic acids is 1. The van der Waals surface area contributed by atoms with Crippen molar-refractivity contribution in [1.82, 2.24) is 9.47 Å². The maximum atomic E-state index is 12.6. The van der Waals surface area contributed by atoms with Gasteiger partial charge < -0.3 is 9.47 Å². The molecule has 0 aliphatic heterocycles. The van der Waals surface area contributed by atoms with Gasteiger partial charge >= 0.3 is 0 Å². The monoisotopic (exact) mass is 338 g/mol. The Morgan fingerprint density at radius 2 is 1.96 bits per heavy atom. The molecule has 0 radical (unpaired) electrons. The summed E-state index contributed by atoms with van der Waals surface area (Å²) >= 11 is 0. The number of aryl methyl sites for hydroxylation is 1. The second-order valence-electron chi connectivity index (χ2n) is 7.28. The molecule has 0 atom stereocenters. The van der Waals surface area contributed by atoms with Crippen molar-refractivity contribution in [3.05, 3.63) is 59.4 Å². The first kappa shape index (κ1) is 17.8. The van der Waals surface area contributed by atoms with Crippen LogP contribution in [0.25, 0.3) is 0 Å². The number of carbonyl (C=O) groups is 1. The summed E-state index contributed by atoms with van der Waals surface area (Å²) in [6.45, 7) is 5.70. The molecule has 1 aromatic heterocycles. The van der Waals surface area contributed by atoms with E-state index in [4.69, 9.17) is 0 Å². The summed E-state index contributed by atoms with van der Waals surface area (Å²) in [5.41, 5.74) is 3.83. The van der Waals surface area contributed by atoms with E-state index >= 15 is 0 Å². The van der Waals surface area contributed by atoms with E-state index < -0.39 is 0 Å². The first-order chi connectivity index (χ1) is 12.2. The number of aromatic nitrogens is 1. The second kappa shape index (κ2) is 8.37. The zero-order chi connectivity index (χ0) is 17.6. The van der Waals surface area contributed by atoms with Gasteiger partial charge in [0.1, 0.15) is 0 Å². The fraction of sp³-hybridized carbons (Fsp3) is 0.500. The molecule has 3 rings (SSSR count). The molecule has 1 aliphatic carbocycles. The number of amides is 1. The smallest absolute Gasteiger partial charge is 0.222 e. The minimum Gasteiger partial charge on any atom is -0.345 e. The average Bonchev–Trinajstić information content (AvgIpc) is 3.06. The summed E-state index contributed by atoms with van der Waals surface area (Å²) in [5.74, 6) is 0.287. The van der Waals surface area contributed by atoms with Crippen LogP contribution in [0.3, 0.4) is 0 Å². The SMILES string of the molecule is CCC(=O)N(Cc1cccn1Cc1cccc(C)c1)C1CCCCC1. The molecule has 0 N–H and O–H groups in total. The number of hydrogen-bond acceptors (Lipinski definition) is 1. The summed E-state index contributed by atoms with van der Waals surface area (Å²) in [6, 6.07) is 13.3. The molecule has 0 unspecified atom stereocenters. The Morgan fingerprint density at radius 3 is 2.68 bits per heavy atom. The van der Waals surface area contributed by atoms with E-state index in [9.17, 15) is 4.79 Å². The van der Waals surface area contributed by atoms with Gasteiger partial charge in [-0.1, -0.05) is 56.0 Å². The van der Waals surface area contributed by atoms with Crippen molar-refractivity contribution in [2.24, 2.45) is 0 Å². The molecule has 25 heavy (non-hydrogen) atoms. The molecule has 2 aromatic rings. The summed E-state index contributed by atoms with van der Waals surface area (Å²) in [6.07, 6.45) is 8.86. The first-order valence-corrected chi connectivity index (χ1v) is 9.66. The molecule has 1 aromatic carbocycles. The summed E-state index contributed by atoms with van der Waals surface area (Å²) in [7, 11) is 0. The van der Waals surface area contributed by atoms with Crippen molar-refractivity contribution >= 4 is 5.91 Å².